The maximum Gasteiger partial charge on any atom is 0.291 e. The molecule has 2 aliphatic rings. The van der Waals surface area contributed by atoms with Gasteiger partial charge in [-0.3, -0.25) is 9.59 Å². The highest BCUT2D eigenvalue weighted by atomic mass is 32.1. The molecule has 1 atom stereocenters. The summed E-state index contributed by atoms with van der Waals surface area (Å²) in [7, 11) is 0. The van der Waals surface area contributed by atoms with Crippen LogP contribution in [0.2, 0.25) is 0 Å². The highest BCUT2D eigenvalue weighted by Gasteiger charge is 2.48. The number of carbonyl (C=O) groups excluding carboxylic acids is 2. The Labute approximate surface area is 186 Å². The molecule has 0 spiro atoms. The van der Waals surface area contributed by atoms with Crippen LogP contribution in [0.15, 0.2) is 41.8 Å². The van der Waals surface area contributed by atoms with Crippen molar-refractivity contribution in [1.82, 2.24) is 19.8 Å². The summed E-state index contributed by atoms with van der Waals surface area (Å²) in [6.07, 6.45) is 6.79. The van der Waals surface area contributed by atoms with Crippen molar-refractivity contribution < 1.29 is 9.59 Å². The number of rotatable bonds is 4. The van der Waals surface area contributed by atoms with E-state index in [1.54, 1.807) is 16.2 Å². The van der Waals surface area contributed by atoms with E-state index in [0.717, 1.165) is 41.6 Å². The first-order chi connectivity index (χ1) is 15.1. The molecule has 1 aliphatic carbocycles. The lowest BCUT2D eigenvalue weighted by atomic mass is 9.94. The lowest BCUT2D eigenvalue weighted by Crippen LogP contribution is -2.64. The molecule has 1 aliphatic heterocycles. The van der Waals surface area contributed by atoms with Crippen LogP contribution in [-0.4, -0.2) is 37.8 Å². The predicted octanol–water partition coefficient (Wildman–Crippen LogP) is 4.35. The first-order valence-electron chi connectivity index (χ1n) is 11.2. The Morgan fingerprint density at radius 1 is 1.16 bits per heavy atom. The second kappa shape index (κ2) is 8.11. The topological polar surface area (TPSA) is 67.2 Å². The molecule has 1 saturated carbocycles. The summed E-state index contributed by atoms with van der Waals surface area (Å²) < 4.78 is 1.93. The molecule has 3 aromatic rings. The van der Waals surface area contributed by atoms with Crippen molar-refractivity contribution >= 4 is 34.2 Å². The van der Waals surface area contributed by atoms with Gasteiger partial charge in [-0.05, 0) is 43.3 Å². The average molecular weight is 437 g/mol. The van der Waals surface area contributed by atoms with Crippen LogP contribution in [0, 0.1) is 0 Å². The molecule has 1 aromatic carbocycles. The van der Waals surface area contributed by atoms with Crippen LogP contribution < -0.4 is 5.32 Å². The zero-order chi connectivity index (χ0) is 21.4. The maximum absolute atomic E-state index is 13.7. The van der Waals surface area contributed by atoms with E-state index in [2.05, 4.69) is 10.3 Å². The maximum atomic E-state index is 13.7. The minimum absolute atomic E-state index is 0.0623. The van der Waals surface area contributed by atoms with Crippen molar-refractivity contribution in [2.24, 2.45) is 0 Å². The van der Waals surface area contributed by atoms with Crippen molar-refractivity contribution in [2.45, 2.75) is 70.1 Å². The molecule has 0 radical (unpaired) electrons. The number of carbonyl (C=O) groups is 2. The van der Waals surface area contributed by atoms with Gasteiger partial charge in [0.25, 0.3) is 5.91 Å². The van der Waals surface area contributed by atoms with E-state index in [4.69, 9.17) is 0 Å². The third-order valence-electron chi connectivity index (χ3n) is 6.73. The smallest absolute Gasteiger partial charge is 0.291 e. The van der Waals surface area contributed by atoms with Crippen LogP contribution in [0.1, 0.15) is 60.9 Å². The summed E-state index contributed by atoms with van der Waals surface area (Å²) in [6, 6.07) is 11.9. The minimum Gasteiger partial charge on any atom is -0.351 e. The van der Waals surface area contributed by atoms with Gasteiger partial charge in [-0.25, -0.2) is 4.98 Å². The number of amides is 2. The summed E-state index contributed by atoms with van der Waals surface area (Å²) in [4.78, 5) is 34.8. The van der Waals surface area contributed by atoms with Gasteiger partial charge in [0.2, 0.25) is 5.91 Å². The van der Waals surface area contributed by atoms with Crippen LogP contribution in [0.3, 0.4) is 0 Å². The van der Waals surface area contributed by atoms with Gasteiger partial charge in [-0.15, -0.1) is 11.3 Å². The Kier molecular flexibility index (Phi) is 5.30. The Morgan fingerprint density at radius 3 is 2.68 bits per heavy atom. The molecule has 3 heterocycles. The fourth-order valence-electron chi connectivity index (χ4n) is 4.90. The number of nitrogens with zero attached hydrogens (tertiary/aromatic N) is 3. The Bertz CT molecular complexity index is 1100. The predicted molar refractivity (Wildman–Crippen MR) is 122 cm³/mol. The fraction of sp³-hybridized carbons (Fsp3) is 0.458. The molecule has 1 N–H and O–H groups in total. The SMILES string of the molecule is C[C@@]1(C(=O)NC2CCCCCC2)Cn2c(nc3ccccc32)C(=O)N1Cc1cccs1. The van der Waals surface area contributed by atoms with Gasteiger partial charge in [-0.2, -0.15) is 0 Å². The number of benzene rings is 1. The molecule has 1 fully saturated rings. The van der Waals surface area contributed by atoms with Gasteiger partial charge in [0.15, 0.2) is 5.82 Å². The van der Waals surface area contributed by atoms with Gasteiger partial charge < -0.3 is 14.8 Å². The van der Waals surface area contributed by atoms with E-state index >= 15 is 0 Å². The standard InChI is InChI=1S/C24H28N4O2S/c1-24(23(30)25-17-9-4-2-3-5-10-17)16-27-20-13-7-6-12-19(20)26-21(27)22(29)28(24)15-18-11-8-14-31-18/h6-8,11-14,17H,2-5,9-10,15-16H2,1H3,(H,25,30)/t24-/m0/s1. The van der Waals surface area contributed by atoms with Crippen molar-refractivity contribution in [2.75, 3.05) is 0 Å². The van der Waals surface area contributed by atoms with Crippen LogP contribution >= 0.6 is 11.3 Å². The van der Waals surface area contributed by atoms with E-state index in [1.165, 1.54) is 12.8 Å². The number of nitrogens with one attached hydrogen (secondary N) is 1. The molecule has 162 valence electrons. The summed E-state index contributed by atoms with van der Waals surface area (Å²) in [5, 5.41) is 5.31. The number of para-hydroxylation sites is 2. The zero-order valence-electron chi connectivity index (χ0n) is 17.8. The van der Waals surface area contributed by atoms with E-state index in [1.807, 2.05) is 53.3 Å². The normalized spacial score (nSPS) is 22.4. The molecular weight excluding hydrogens is 408 g/mol. The van der Waals surface area contributed by atoms with Gasteiger partial charge in [0, 0.05) is 10.9 Å². The average Bonchev–Trinajstić information content (AvgIpc) is 3.33. The lowest BCUT2D eigenvalue weighted by Gasteiger charge is -2.44. The van der Waals surface area contributed by atoms with Crippen molar-refractivity contribution in [3.63, 3.8) is 0 Å². The van der Waals surface area contributed by atoms with Gasteiger partial charge in [-0.1, -0.05) is 43.9 Å². The summed E-state index contributed by atoms with van der Waals surface area (Å²) in [5.41, 5.74) is 0.703. The number of imidazole rings is 1. The molecule has 31 heavy (non-hydrogen) atoms. The van der Waals surface area contributed by atoms with Crippen molar-refractivity contribution in [3.05, 3.63) is 52.5 Å². The highest BCUT2D eigenvalue weighted by Crippen LogP contribution is 2.33. The highest BCUT2D eigenvalue weighted by molar-refractivity contribution is 7.09. The monoisotopic (exact) mass is 436 g/mol. The first kappa shape index (κ1) is 20.2. The Morgan fingerprint density at radius 2 is 1.94 bits per heavy atom. The van der Waals surface area contributed by atoms with Crippen LogP contribution in [-0.2, 0) is 17.9 Å². The van der Waals surface area contributed by atoms with Crippen LogP contribution in [0.25, 0.3) is 11.0 Å². The second-order valence-electron chi connectivity index (χ2n) is 8.92. The molecule has 2 amide bonds. The van der Waals surface area contributed by atoms with Crippen molar-refractivity contribution in [1.29, 1.82) is 0 Å². The third-order valence-corrected chi connectivity index (χ3v) is 7.59. The van der Waals surface area contributed by atoms with Crippen LogP contribution in [0.5, 0.6) is 0 Å². The summed E-state index contributed by atoms with van der Waals surface area (Å²) in [5.74, 6) is 0.166. The molecule has 0 unspecified atom stereocenters. The Balaban J connectivity index is 1.53. The molecule has 2 aromatic heterocycles. The number of hydrogen-bond acceptors (Lipinski definition) is 4. The van der Waals surface area contributed by atoms with Crippen molar-refractivity contribution in [3.8, 4) is 0 Å². The number of thiophene rings is 1. The number of aromatic nitrogens is 2. The molecule has 6 nitrogen and oxygen atoms in total. The van der Waals surface area contributed by atoms with Gasteiger partial charge in [0.05, 0.1) is 24.1 Å². The largest absolute Gasteiger partial charge is 0.351 e. The van der Waals surface area contributed by atoms with E-state index in [9.17, 15) is 9.59 Å². The molecule has 7 heteroatoms. The number of fused-ring (bicyclic) bond motifs is 3. The second-order valence-corrected chi connectivity index (χ2v) is 9.95. The van der Waals surface area contributed by atoms with E-state index in [-0.39, 0.29) is 17.9 Å². The summed E-state index contributed by atoms with van der Waals surface area (Å²) in [6.45, 7) is 2.72. The number of hydrogen-bond donors (Lipinski definition) is 1. The fourth-order valence-corrected chi connectivity index (χ4v) is 5.59. The molecule has 0 bridgehead atoms. The quantitative estimate of drug-likeness (QED) is 0.618. The third kappa shape index (κ3) is 3.65. The van der Waals surface area contributed by atoms with Gasteiger partial charge in [0.1, 0.15) is 5.54 Å². The summed E-state index contributed by atoms with van der Waals surface area (Å²) >= 11 is 1.60. The first-order valence-corrected chi connectivity index (χ1v) is 12.0. The molecule has 0 saturated heterocycles. The minimum atomic E-state index is -0.982. The zero-order valence-corrected chi connectivity index (χ0v) is 18.7. The van der Waals surface area contributed by atoms with E-state index < -0.39 is 5.54 Å². The molecular formula is C24H28N4O2S. The van der Waals surface area contributed by atoms with E-state index in [0.29, 0.717) is 18.9 Å². The lowest BCUT2D eigenvalue weighted by molar-refractivity contribution is -0.134. The Hall–Kier alpha value is -2.67. The molecule has 5 rings (SSSR count). The van der Waals surface area contributed by atoms with Gasteiger partial charge >= 0.3 is 0 Å². The van der Waals surface area contributed by atoms with Crippen LogP contribution in [0.4, 0.5) is 0 Å².